The summed E-state index contributed by atoms with van der Waals surface area (Å²) in [5, 5.41) is 18.0. The Morgan fingerprint density at radius 3 is 2.23 bits per heavy atom. The average Bonchev–Trinajstić information content (AvgIpc) is 2.88. The van der Waals surface area contributed by atoms with Gasteiger partial charge in [0, 0.05) is 24.5 Å². The molecule has 0 unspecified atom stereocenters. The Morgan fingerprint density at radius 1 is 1.09 bits per heavy atom. The van der Waals surface area contributed by atoms with Crippen molar-refractivity contribution in [1.29, 1.82) is 0 Å². The van der Waals surface area contributed by atoms with Gasteiger partial charge in [0.2, 0.25) is 11.8 Å². The van der Waals surface area contributed by atoms with Crippen molar-refractivity contribution < 1.29 is 19.5 Å². The zero-order valence-electron chi connectivity index (χ0n) is 11.7. The molecule has 0 atom stereocenters. The molecule has 0 bridgehead atoms. The summed E-state index contributed by atoms with van der Waals surface area (Å²) >= 11 is 0. The van der Waals surface area contributed by atoms with E-state index in [1.165, 1.54) is 19.2 Å². The van der Waals surface area contributed by atoms with E-state index in [0.29, 0.717) is 11.4 Å². The Kier molecular flexibility index (Phi) is 4.52. The number of nitrogens with one attached hydrogen (secondary N) is 2. The van der Waals surface area contributed by atoms with Crippen molar-refractivity contribution in [2.45, 2.75) is 13.5 Å². The van der Waals surface area contributed by atoms with Gasteiger partial charge in [-0.05, 0) is 30.3 Å². The van der Waals surface area contributed by atoms with Crippen molar-refractivity contribution in [3.8, 4) is 0 Å². The number of aromatic nitrogens is 2. The van der Waals surface area contributed by atoms with Crippen LogP contribution in [0.25, 0.3) is 0 Å². The van der Waals surface area contributed by atoms with E-state index in [0.717, 1.165) is 4.68 Å². The van der Waals surface area contributed by atoms with E-state index < -0.39 is 11.9 Å². The zero-order valence-corrected chi connectivity index (χ0v) is 11.7. The molecular formula is C14H14N4O4. The average molecular weight is 302 g/mol. The van der Waals surface area contributed by atoms with E-state index in [-0.39, 0.29) is 18.1 Å². The Labute approximate surface area is 125 Å². The van der Waals surface area contributed by atoms with Crippen LogP contribution in [0.15, 0.2) is 36.5 Å². The summed E-state index contributed by atoms with van der Waals surface area (Å²) in [5.41, 5.74) is 1.09. The van der Waals surface area contributed by atoms with Crippen molar-refractivity contribution in [2.24, 2.45) is 0 Å². The molecular weight excluding hydrogens is 288 g/mol. The van der Waals surface area contributed by atoms with Crippen LogP contribution in [0, 0.1) is 0 Å². The molecule has 0 saturated heterocycles. The van der Waals surface area contributed by atoms with Crippen molar-refractivity contribution in [2.75, 3.05) is 10.6 Å². The van der Waals surface area contributed by atoms with Gasteiger partial charge >= 0.3 is 5.97 Å². The molecule has 0 fully saturated rings. The number of carbonyl (C=O) groups excluding carboxylic acids is 2. The van der Waals surface area contributed by atoms with E-state index in [9.17, 15) is 14.4 Å². The van der Waals surface area contributed by atoms with Gasteiger partial charge in [-0.1, -0.05) is 0 Å². The third-order valence-electron chi connectivity index (χ3n) is 2.72. The van der Waals surface area contributed by atoms with E-state index >= 15 is 0 Å². The minimum Gasteiger partial charge on any atom is -0.477 e. The van der Waals surface area contributed by atoms with Crippen LogP contribution < -0.4 is 10.6 Å². The topological polar surface area (TPSA) is 113 Å². The van der Waals surface area contributed by atoms with E-state index in [4.69, 9.17) is 5.11 Å². The maximum absolute atomic E-state index is 11.9. The molecule has 114 valence electrons. The normalized spacial score (nSPS) is 10.0. The number of carbonyl (C=O) groups is 3. The lowest BCUT2D eigenvalue weighted by Crippen LogP contribution is -2.22. The van der Waals surface area contributed by atoms with Gasteiger partial charge in [0.1, 0.15) is 12.2 Å². The van der Waals surface area contributed by atoms with E-state index in [1.807, 2.05) is 0 Å². The number of carboxylic acids is 1. The Morgan fingerprint density at radius 2 is 1.68 bits per heavy atom. The maximum atomic E-state index is 11.9. The quantitative estimate of drug-likeness (QED) is 0.767. The summed E-state index contributed by atoms with van der Waals surface area (Å²) < 4.78 is 1.10. The van der Waals surface area contributed by atoms with Crippen LogP contribution in [0.5, 0.6) is 0 Å². The number of hydrogen-bond acceptors (Lipinski definition) is 4. The minimum absolute atomic E-state index is 0.0591. The molecule has 1 heterocycles. The molecule has 0 aliphatic heterocycles. The molecule has 3 N–H and O–H groups in total. The molecule has 1 aromatic heterocycles. The minimum atomic E-state index is -1.15. The van der Waals surface area contributed by atoms with Crippen LogP contribution in [0.3, 0.4) is 0 Å². The van der Waals surface area contributed by atoms with Gasteiger partial charge in [0.05, 0.1) is 0 Å². The first kappa shape index (κ1) is 15.2. The lowest BCUT2D eigenvalue weighted by molar-refractivity contribution is -0.117. The SMILES string of the molecule is CC(=O)Nc1ccc(NC(=O)Cn2nccc2C(=O)O)cc1. The second kappa shape index (κ2) is 6.53. The standard InChI is InChI=1S/C14H14N4O4/c1-9(19)16-10-2-4-11(5-3-10)17-13(20)8-18-12(14(21)22)6-7-15-18/h2-7H,8H2,1H3,(H,16,19)(H,17,20)(H,21,22). The van der Waals surface area contributed by atoms with Crippen molar-refractivity contribution in [3.05, 3.63) is 42.2 Å². The third-order valence-corrected chi connectivity index (χ3v) is 2.72. The van der Waals surface area contributed by atoms with E-state index in [1.54, 1.807) is 24.3 Å². The van der Waals surface area contributed by atoms with Crippen LogP contribution in [0.2, 0.25) is 0 Å². The highest BCUT2D eigenvalue weighted by molar-refractivity contribution is 5.93. The Hall–Kier alpha value is -3.16. The number of amides is 2. The van der Waals surface area contributed by atoms with Gasteiger partial charge in [0.15, 0.2) is 0 Å². The molecule has 0 spiro atoms. The molecule has 1 aromatic carbocycles. The van der Waals surface area contributed by atoms with Crippen LogP contribution in [0.1, 0.15) is 17.4 Å². The van der Waals surface area contributed by atoms with Gasteiger partial charge in [-0.3, -0.25) is 9.59 Å². The third kappa shape index (κ3) is 3.92. The number of nitrogens with zero attached hydrogens (tertiary/aromatic N) is 2. The van der Waals surface area contributed by atoms with Crippen LogP contribution in [-0.2, 0) is 16.1 Å². The number of rotatable bonds is 5. The van der Waals surface area contributed by atoms with Crippen LogP contribution in [0.4, 0.5) is 11.4 Å². The van der Waals surface area contributed by atoms with Crippen LogP contribution >= 0.6 is 0 Å². The summed E-state index contributed by atoms with van der Waals surface area (Å²) in [6, 6.07) is 7.87. The molecule has 2 aromatic rings. The summed E-state index contributed by atoms with van der Waals surface area (Å²) in [6.45, 7) is 1.20. The fourth-order valence-electron chi connectivity index (χ4n) is 1.82. The number of hydrogen-bond donors (Lipinski definition) is 3. The fourth-order valence-corrected chi connectivity index (χ4v) is 1.82. The van der Waals surface area contributed by atoms with Gasteiger partial charge in [-0.25, -0.2) is 9.48 Å². The molecule has 0 radical (unpaired) electrons. The van der Waals surface area contributed by atoms with Gasteiger partial charge in [-0.15, -0.1) is 0 Å². The van der Waals surface area contributed by atoms with Gasteiger partial charge in [-0.2, -0.15) is 5.10 Å². The Balaban J connectivity index is 1.98. The molecule has 0 aliphatic carbocycles. The smallest absolute Gasteiger partial charge is 0.354 e. The number of benzene rings is 1. The lowest BCUT2D eigenvalue weighted by atomic mass is 10.2. The summed E-state index contributed by atoms with van der Waals surface area (Å²) in [7, 11) is 0. The summed E-state index contributed by atoms with van der Waals surface area (Å²) in [5.74, 6) is -1.74. The maximum Gasteiger partial charge on any atom is 0.354 e. The molecule has 8 heteroatoms. The highest BCUT2D eigenvalue weighted by Gasteiger charge is 2.13. The second-order valence-electron chi connectivity index (χ2n) is 4.49. The Bertz CT molecular complexity index is 706. The molecule has 2 amide bonds. The zero-order chi connectivity index (χ0) is 16.1. The number of carboxylic acid groups (broad SMARTS) is 1. The van der Waals surface area contributed by atoms with Crippen molar-refractivity contribution in [1.82, 2.24) is 9.78 Å². The van der Waals surface area contributed by atoms with Gasteiger partial charge in [0.25, 0.3) is 0 Å². The number of aromatic carboxylic acids is 1. The molecule has 2 rings (SSSR count). The fraction of sp³-hybridized carbons (Fsp3) is 0.143. The number of anilines is 2. The molecule has 0 saturated carbocycles. The van der Waals surface area contributed by atoms with Crippen LogP contribution in [-0.4, -0.2) is 32.7 Å². The first-order valence-corrected chi connectivity index (χ1v) is 6.38. The summed E-state index contributed by atoms with van der Waals surface area (Å²) in [4.78, 5) is 33.7. The summed E-state index contributed by atoms with van der Waals surface area (Å²) in [6.07, 6.45) is 1.32. The molecule has 0 aliphatic rings. The first-order chi connectivity index (χ1) is 10.5. The van der Waals surface area contributed by atoms with E-state index in [2.05, 4.69) is 15.7 Å². The molecule has 8 nitrogen and oxygen atoms in total. The molecule has 22 heavy (non-hydrogen) atoms. The predicted octanol–water partition coefficient (Wildman–Crippen LogP) is 1.18. The van der Waals surface area contributed by atoms with Gasteiger partial charge < -0.3 is 15.7 Å². The van der Waals surface area contributed by atoms with Crippen molar-refractivity contribution >= 4 is 29.2 Å². The van der Waals surface area contributed by atoms with Crippen molar-refractivity contribution in [3.63, 3.8) is 0 Å². The lowest BCUT2D eigenvalue weighted by Gasteiger charge is -2.08. The second-order valence-corrected chi connectivity index (χ2v) is 4.49. The monoisotopic (exact) mass is 302 g/mol. The predicted molar refractivity (Wildman–Crippen MR) is 78.6 cm³/mol. The highest BCUT2D eigenvalue weighted by Crippen LogP contribution is 2.13. The first-order valence-electron chi connectivity index (χ1n) is 6.38. The largest absolute Gasteiger partial charge is 0.477 e. The highest BCUT2D eigenvalue weighted by atomic mass is 16.4.